The number of nitrogens with one attached hydrogen (secondary N) is 2. The lowest BCUT2D eigenvalue weighted by atomic mass is 9.85. The fraction of sp³-hybridized carbons (Fsp3) is 0.100. The molecule has 5 nitrogen and oxygen atoms in total. The first-order valence-electron chi connectivity index (χ1n) is 8.03. The van der Waals surface area contributed by atoms with Crippen LogP contribution in [0.5, 0.6) is 5.75 Å². The van der Waals surface area contributed by atoms with E-state index < -0.39 is 0 Å². The largest absolute Gasteiger partial charge is 0.497 e. The standard InChI is InChI=1S/C20H15ClN4O/c1-22-19-17(14-5-3-4-6-16(14)21)15-11-23-25-20(15)24-18(19)12-7-9-13(26-2)10-8-12/h3-11,17H,2H3,(H2,23,24,25). The van der Waals surface area contributed by atoms with Gasteiger partial charge in [-0.1, -0.05) is 41.9 Å². The molecule has 0 saturated heterocycles. The summed E-state index contributed by atoms with van der Waals surface area (Å²) in [6.07, 6.45) is 1.74. The van der Waals surface area contributed by atoms with Crippen LogP contribution in [-0.2, 0) is 0 Å². The topological polar surface area (TPSA) is 54.3 Å². The van der Waals surface area contributed by atoms with Crippen LogP contribution in [0.4, 0.5) is 5.82 Å². The summed E-state index contributed by atoms with van der Waals surface area (Å²) < 4.78 is 5.23. The van der Waals surface area contributed by atoms with Gasteiger partial charge in [-0.3, -0.25) is 5.10 Å². The predicted octanol–water partition coefficient (Wildman–Crippen LogP) is 4.92. The number of anilines is 1. The van der Waals surface area contributed by atoms with Gasteiger partial charge >= 0.3 is 0 Å². The van der Waals surface area contributed by atoms with E-state index in [0.29, 0.717) is 10.7 Å². The van der Waals surface area contributed by atoms with Crippen molar-refractivity contribution in [3.8, 4) is 5.75 Å². The van der Waals surface area contributed by atoms with E-state index in [1.807, 2.05) is 48.5 Å². The molecule has 4 rings (SSSR count). The number of nitrogens with zero attached hydrogens (tertiary/aromatic N) is 2. The van der Waals surface area contributed by atoms with Gasteiger partial charge in [0, 0.05) is 16.3 Å². The molecule has 0 saturated carbocycles. The first-order valence-corrected chi connectivity index (χ1v) is 8.41. The summed E-state index contributed by atoms with van der Waals surface area (Å²) in [5, 5.41) is 11.1. The van der Waals surface area contributed by atoms with Gasteiger partial charge in [0.05, 0.1) is 25.8 Å². The number of hydrogen-bond donors (Lipinski definition) is 2. The smallest absolute Gasteiger partial charge is 0.200 e. The van der Waals surface area contributed by atoms with Crippen molar-refractivity contribution in [2.24, 2.45) is 0 Å². The highest BCUT2D eigenvalue weighted by atomic mass is 35.5. The minimum atomic E-state index is -0.284. The van der Waals surface area contributed by atoms with Crippen molar-refractivity contribution in [3.63, 3.8) is 0 Å². The third-order valence-electron chi connectivity index (χ3n) is 4.47. The summed E-state index contributed by atoms with van der Waals surface area (Å²) in [6.45, 7) is 7.83. The van der Waals surface area contributed by atoms with Crippen molar-refractivity contribution in [2.75, 3.05) is 12.4 Å². The van der Waals surface area contributed by atoms with Gasteiger partial charge in [-0.05, 0) is 29.3 Å². The maximum Gasteiger partial charge on any atom is 0.200 e. The molecule has 1 aliphatic rings. The highest BCUT2D eigenvalue weighted by Crippen LogP contribution is 2.45. The molecule has 1 aliphatic heterocycles. The summed E-state index contributed by atoms with van der Waals surface area (Å²) >= 11 is 6.45. The molecule has 2 heterocycles. The van der Waals surface area contributed by atoms with Gasteiger partial charge in [-0.2, -0.15) is 5.10 Å². The molecular weight excluding hydrogens is 348 g/mol. The van der Waals surface area contributed by atoms with E-state index in [2.05, 4.69) is 20.4 Å². The van der Waals surface area contributed by atoms with Gasteiger partial charge in [0.15, 0.2) is 0 Å². The Labute approximate surface area is 156 Å². The van der Waals surface area contributed by atoms with E-state index in [0.717, 1.165) is 34.0 Å². The van der Waals surface area contributed by atoms with Crippen LogP contribution < -0.4 is 10.1 Å². The number of rotatable bonds is 3. The average Bonchev–Trinajstić information content (AvgIpc) is 3.15. The Bertz CT molecular complexity index is 1030. The maximum absolute atomic E-state index is 7.83. The number of ether oxygens (including phenoxy) is 1. The number of allylic oxidation sites excluding steroid dienone is 1. The van der Waals surface area contributed by atoms with E-state index in [1.165, 1.54) is 0 Å². The normalized spacial score (nSPS) is 15.8. The van der Waals surface area contributed by atoms with Gasteiger partial charge in [-0.15, -0.1) is 0 Å². The van der Waals surface area contributed by atoms with Gasteiger partial charge in [0.2, 0.25) is 5.70 Å². The number of H-pyrrole nitrogens is 1. The van der Waals surface area contributed by atoms with Crippen molar-refractivity contribution >= 4 is 23.1 Å². The van der Waals surface area contributed by atoms with E-state index >= 15 is 0 Å². The summed E-state index contributed by atoms with van der Waals surface area (Å²) in [6, 6.07) is 15.2. The van der Waals surface area contributed by atoms with Crippen LogP contribution in [0.25, 0.3) is 10.5 Å². The second kappa shape index (κ2) is 6.58. The Kier molecular flexibility index (Phi) is 4.11. The Balaban J connectivity index is 1.92. The highest BCUT2D eigenvalue weighted by molar-refractivity contribution is 6.31. The van der Waals surface area contributed by atoms with Gasteiger partial charge in [-0.25, -0.2) is 4.85 Å². The zero-order valence-corrected chi connectivity index (χ0v) is 14.7. The van der Waals surface area contributed by atoms with Crippen LogP contribution in [0.1, 0.15) is 22.6 Å². The Morgan fingerprint density at radius 3 is 2.58 bits per heavy atom. The lowest BCUT2D eigenvalue weighted by Crippen LogP contribution is -2.16. The van der Waals surface area contributed by atoms with Crippen LogP contribution in [-0.4, -0.2) is 17.3 Å². The molecular formula is C20H15ClN4O. The first kappa shape index (κ1) is 16.2. The Hall–Kier alpha value is -3.23. The van der Waals surface area contributed by atoms with E-state index in [1.54, 1.807) is 13.3 Å². The van der Waals surface area contributed by atoms with Crippen LogP contribution in [0, 0.1) is 6.57 Å². The van der Waals surface area contributed by atoms with Crippen molar-refractivity contribution < 1.29 is 4.74 Å². The van der Waals surface area contributed by atoms with Crippen LogP contribution in [0.15, 0.2) is 60.4 Å². The Morgan fingerprint density at radius 1 is 1.12 bits per heavy atom. The molecule has 2 aromatic carbocycles. The fourth-order valence-electron chi connectivity index (χ4n) is 3.22. The lowest BCUT2D eigenvalue weighted by Gasteiger charge is -2.27. The minimum absolute atomic E-state index is 0.284. The SMILES string of the molecule is [C-]#[N+]C1=C(c2ccc(OC)cc2)Nc2[nH]ncc2C1c1ccccc1Cl. The second-order valence-corrected chi connectivity index (χ2v) is 6.29. The number of halogens is 1. The first-order chi connectivity index (χ1) is 12.7. The quantitative estimate of drug-likeness (QED) is 0.650. The maximum atomic E-state index is 7.83. The number of aromatic amines is 1. The molecule has 0 radical (unpaired) electrons. The van der Waals surface area contributed by atoms with Crippen molar-refractivity contribution in [3.05, 3.63) is 93.6 Å². The van der Waals surface area contributed by atoms with Crippen LogP contribution in [0.2, 0.25) is 5.02 Å². The minimum Gasteiger partial charge on any atom is -0.497 e. The summed E-state index contributed by atoms with van der Waals surface area (Å²) in [5.74, 6) is 1.25. The number of aromatic nitrogens is 2. The van der Waals surface area contributed by atoms with Crippen molar-refractivity contribution in [1.29, 1.82) is 0 Å². The highest BCUT2D eigenvalue weighted by Gasteiger charge is 2.33. The van der Waals surface area contributed by atoms with Gasteiger partial charge in [0.25, 0.3) is 0 Å². The number of benzene rings is 2. The molecule has 1 aromatic heterocycles. The summed E-state index contributed by atoms with van der Waals surface area (Å²) in [4.78, 5) is 3.86. The molecule has 1 unspecified atom stereocenters. The number of hydrogen-bond acceptors (Lipinski definition) is 3. The third-order valence-corrected chi connectivity index (χ3v) is 4.82. The molecule has 1 atom stereocenters. The number of fused-ring (bicyclic) bond motifs is 1. The van der Waals surface area contributed by atoms with Crippen LogP contribution in [0.3, 0.4) is 0 Å². The molecule has 2 N–H and O–H groups in total. The van der Waals surface area contributed by atoms with Crippen molar-refractivity contribution in [2.45, 2.75) is 5.92 Å². The molecule has 128 valence electrons. The van der Waals surface area contributed by atoms with Gasteiger partial charge in [0.1, 0.15) is 11.6 Å². The van der Waals surface area contributed by atoms with Crippen LogP contribution >= 0.6 is 11.6 Å². The third kappa shape index (κ3) is 2.61. The van der Waals surface area contributed by atoms with E-state index in [9.17, 15) is 0 Å². The number of methoxy groups -OCH3 is 1. The molecule has 0 aliphatic carbocycles. The lowest BCUT2D eigenvalue weighted by molar-refractivity contribution is 0.415. The molecule has 0 fully saturated rings. The molecule has 3 aromatic rings. The van der Waals surface area contributed by atoms with E-state index in [4.69, 9.17) is 22.9 Å². The molecule has 0 spiro atoms. The molecule has 26 heavy (non-hydrogen) atoms. The fourth-order valence-corrected chi connectivity index (χ4v) is 3.46. The zero-order chi connectivity index (χ0) is 18.1. The average molecular weight is 363 g/mol. The zero-order valence-electron chi connectivity index (χ0n) is 14.0. The Morgan fingerprint density at radius 2 is 1.88 bits per heavy atom. The van der Waals surface area contributed by atoms with Gasteiger partial charge < -0.3 is 10.1 Å². The predicted molar refractivity (Wildman–Crippen MR) is 102 cm³/mol. The second-order valence-electron chi connectivity index (χ2n) is 5.88. The summed E-state index contributed by atoms with van der Waals surface area (Å²) in [7, 11) is 1.63. The monoisotopic (exact) mass is 362 g/mol. The molecule has 6 heteroatoms. The summed E-state index contributed by atoms with van der Waals surface area (Å²) in [5.41, 5.74) is 4.01. The molecule has 0 bridgehead atoms. The van der Waals surface area contributed by atoms with E-state index in [-0.39, 0.29) is 5.92 Å². The molecule has 0 amide bonds. The van der Waals surface area contributed by atoms with Crippen molar-refractivity contribution in [1.82, 2.24) is 10.2 Å².